The Morgan fingerprint density at radius 2 is 1.56 bits per heavy atom. The molecule has 0 N–H and O–H groups in total. The molecule has 36 heavy (non-hydrogen) atoms. The first-order valence-electron chi connectivity index (χ1n) is 11.3. The summed E-state index contributed by atoms with van der Waals surface area (Å²) < 4.78 is 2.35. The second-order valence-electron chi connectivity index (χ2n) is 8.21. The van der Waals surface area contributed by atoms with E-state index in [1.54, 1.807) is 15.7 Å². The predicted octanol–water partition coefficient (Wildman–Crippen LogP) is 5.93. The van der Waals surface area contributed by atoms with Crippen molar-refractivity contribution in [2.75, 3.05) is 4.90 Å². The van der Waals surface area contributed by atoms with Crippen LogP contribution in [0.25, 0.3) is 33.0 Å². The largest absolute Gasteiger partial charge is 0.274 e. The lowest BCUT2D eigenvalue weighted by atomic mass is 10.2. The van der Waals surface area contributed by atoms with Crippen LogP contribution in [0.15, 0.2) is 102 Å². The van der Waals surface area contributed by atoms with Gasteiger partial charge in [0.15, 0.2) is 4.96 Å². The van der Waals surface area contributed by atoms with Crippen LogP contribution in [0.5, 0.6) is 0 Å². The Morgan fingerprint density at radius 3 is 2.44 bits per heavy atom. The van der Waals surface area contributed by atoms with Crippen LogP contribution in [0.2, 0.25) is 0 Å². The Hall–Kier alpha value is -4.40. The van der Waals surface area contributed by atoms with E-state index < -0.39 is 0 Å². The van der Waals surface area contributed by atoms with Gasteiger partial charge < -0.3 is 0 Å². The molecule has 0 unspecified atom stereocenters. The standard InChI is InChI=1S/C28H17N5OS2/c34-26-24(36-28-31-22-12-6-7-13-23(22)33(26)28)16-20-14-15-25(35-20)32(19-9-2-1-3-10-19)27-29-17-18-8-4-5-11-21(18)30-27/h1-17H/b24-16+. The second-order valence-corrected chi connectivity index (χ2v) is 10.3. The first kappa shape index (κ1) is 20.9. The number of fused-ring (bicyclic) bond motifs is 4. The van der Waals surface area contributed by atoms with Gasteiger partial charge in [0.05, 0.1) is 21.1 Å². The Bertz CT molecular complexity index is 1990. The van der Waals surface area contributed by atoms with Gasteiger partial charge in [0, 0.05) is 22.1 Å². The summed E-state index contributed by atoms with van der Waals surface area (Å²) in [6.45, 7) is 0. The highest BCUT2D eigenvalue weighted by Crippen LogP contribution is 2.37. The molecule has 0 bridgehead atoms. The van der Waals surface area contributed by atoms with Crippen LogP contribution in [0.1, 0.15) is 4.88 Å². The molecule has 0 atom stereocenters. The van der Waals surface area contributed by atoms with E-state index in [1.165, 1.54) is 11.3 Å². The van der Waals surface area contributed by atoms with Crippen LogP contribution in [0.3, 0.4) is 0 Å². The van der Waals surface area contributed by atoms with Crippen molar-refractivity contribution < 1.29 is 0 Å². The number of aromatic nitrogens is 4. The molecule has 172 valence electrons. The lowest BCUT2D eigenvalue weighted by Crippen LogP contribution is -2.22. The number of rotatable bonds is 4. The molecule has 4 heterocycles. The summed E-state index contributed by atoms with van der Waals surface area (Å²) in [5, 5.41) is 1.95. The average Bonchev–Trinajstić information content (AvgIpc) is 3.60. The fourth-order valence-electron chi connectivity index (χ4n) is 4.27. The van der Waals surface area contributed by atoms with E-state index >= 15 is 0 Å². The van der Waals surface area contributed by atoms with Crippen molar-refractivity contribution in [2.45, 2.75) is 0 Å². The lowest BCUT2D eigenvalue weighted by molar-refractivity contribution is 1.12. The number of imidazole rings is 1. The van der Waals surface area contributed by atoms with E-state index in [2.05, 4.69) is 9.97 Å². The Balaban J connectivity index is 1.34. The van der Waals surface area contributed by atoms with Crippen molar-refractivity contribution in [2.24, 2.45) is 0 Å². The molecule has 0 radical (unpaired) electrons. The molecular weight excluding hydrogens is 486 g/mol. The Kier molecular flexibility index (Phi) is 4.87. The third-order valence-electron chi connectivity index (χ3n) is 5.94. The van der Waals surface area contributed by atoms with E-state index in [-0.39, 0.29) is 5.56 Å². The highest BCUT2D eigenvalue weighted by atomic mass is 32.1. The molecule has 0 saturated heterocycles. The topological polar surface area (TPSA) is 63.4 Å². The molecule has 6 nitrogen and oxygen atoms in total. The lowest BCUT2D eigenvalue weighted by Gasteiger charge is -2.21. The molecular formula is C28H17N5OS2. The third-order valence-corrected chi connectivity index (χ3v) is 7.93. The molecule has 8 heteroatoms. The molecule has 0 aliphatic rings. The normalized spacial score (nSPS) is 12.2. The first-order valence-corrected chi connectivity index (χ1v) is 13.0. The molecule has 3 aromatic carbocycles. The maximum absolute atomic E-state index is 13.2. The summed E-state index contributed by atoms with van der Waals surface area (Å²) in [5.74, 6) is 0.596. The van der Waals surface area contributed by atoms with Gasteiger partial charge in [-0.05, 0) is 48.5 Å². The predicted molar refractivity (Wildman–Crippen MR) is 148 cm³/mol. The molecule has 0 aliphatic carbocycles. The number of para-hydroxylation sites is 4. The minimum absolute atomic E-state index is 0.0450. The summed E-state index contributed by atoms with van der Waals surface area (Å²) in [7, 11) is 0. The Labute approximate surface area is 213 Å². The van der Waals surface area contributed by atoms with Crippen LogP contribution in [-0.4, -0.2) is 19.4 Å². The van der Waals surface area contributed by atoms with Crippen LogP contribution in [-0.2, 0) is 0 Å². The van der Waals surface area contributed by atoms with Crippen molar-refractivity contribution in [1.82, 2.24) is 19.4 Å². The number of hydrogen-bond acceptors (Lipinski definition) is 7. The summed E-state index contributed by atoms with van der Waals surface area (Å²) in [5.41, 5.74) is 3.48. The number of benzene rings is 3. The number of thiazole rings is 1. The third kappa shape index (κ3) is 3.46. The van der Waals surface area contributed by atoms with Crippen molar-refractivity contribution in [3.05, 3.63) is 117 Å². The van der Waals surface area contributed by atoms with Crippen molar-refractivity contribution in [3.8, 4) is 0 Å². The maximum Gasteiger partial charge on any atom is 0.274 e. The summed E-state index contributed by atoms with van der Waals surface area (Å²) in [4.78, 5) is 31.0. The zero-order valence-electron chi connectivity index (χ0n) is 18.8. The highest BCUT2D eigenvalue weighted by Gasteiger charge is 2.18. The van der Waals surface area contributed by atoms with Crippen LogP contribution in [0, 0.1) is 0 Å². The summed E-state index contributed by atoms with van der Waals surface area (Å²) in [6.07, 6.45) is 3.79. The molecule has 7 rings (SSSR count). The van der Waals surface area contributed by atoms with E-state index in [1.807, 2.05) is 108 Å². The smallest absolute Gasteiger partial charge is 0.270 e. The highest BCUT2D eigenvalue weighted by molar-refractivity contribution is 7.17. The van der Waals surface area contributed by atoms with Gasteiger partial charge in [0.2, 0.25) is 5.95 Å². The SMILES string of the molecule is O=c1/c(=C\c2ccc(N(c3ccccc3)c3ncc4ccccc4n3)s2)sc2nc3ccccc3n12. The molecule has 0 saturated carbocycles. The van der Waals surface area contributed by atoms with Gasteiger partial charge in [-0.3, -0.25) is 9.69 Å². The van der Waals surface area contributed by atoms with Gasteiger partial charge in [-0.25, -0.2) is 19.4 Å². The van der Waals surface area contributed by atoms with Crippen LogP contribution < -0.4 is 15.0 Å². The molecule has 7 aromatic rings. The van der Waals surface area contributed by atoms with Crippen LogP contribution in [0.4, 0.5) is 16.6 Å². The van der Waals surface area contributed by atoms with Gasteiger partial charge in [0.1, 0.15) is 5.00 Å². The Morgan fingerprint density at radius 1 is 0.778 bits per heavy atom. The van der Waals surface area contributed by atoms with Gasteiger partial charge in [0.25, 0.3) is 5.56 Å². The van der Waals surface area contributed by atoms with E-state index in [0.29, 0.717) is 15.4 Å². The van der Waals surface area contributed by atoms with Crippen molar-refractivity contribution in [3.63, 3.8) is 0 Å². The van der Waals surface area contributed by atoms with Gasteiger partial charge in [-0.15, -0.1) is 11.3 Å². The molecule has 4 aromatic heterocycles. The van der Waals surface area contributed by atoms with E-state index in [4.69, 9.17) is 4.98 Å². The number of nitrogens with zero attached hydrogens (tertiary/aromatic N) is 5. The number of anilines is 3. The fraction of sp³-hybridized carbons (Fsp3) is 0. The average molecular weight is 504 g/mol. The van der Waals surface area contributed by atoms with E-state index in [9.17, 15) is 4.79 Å². The van der Waals surface area contributed by atoms with E-state index in [0.717, 1.165) is 37.5 Å². The van der Waals surface area contributed by atoms with Gasteiger partial charge in [-0.2, -0.15) is 0 Å². The number of thiophene rings is 1. The van der Waals surface area contributed by atoms with Gasteiger partial charge in [-0.1, -0.05) is 59.9 Å². The summed E-state index contributed by atoms with van der Waals surface area (Å²) >= 11 is 2.99. The monoisotopic (exact) mass is 503 g/mol. The zero-order valence-corrected chi connectivity index (χ0v) is 20.4. The minimum atomic E-state index is -0.0450. The maximum atomic E-state index is 13.2. The van der Waals surface area contributed by atoms with Gasteiger partial charge >= 0.3 is 0 Å². The zero-order chi connectivity index (χ0) is 24.1. The first-order chi connectivity index (χ1) is 17.7. The van der Waals surface area contributed by atoms with Crippen LogP contribution >= 0.6 is 22.7 Å². The second kappa shape index (κ2) is 8.37. The quantitative estimate of drug-likeness (QED) is 0.298. The van der Waals surface area contributed by atoms with Crippen molar-refractivity contribution in [1.29, 1.82) is 0 Å². The molecule has 0 fully saturated rings. The number of hydrogen-bond donors (Lipinski definition) is 0. The minimum Gasteiger partial charge on any atom is -0.270 e. The van der Waals surface area contributed by atoms with Crippen molar-refractivity contribution >= 4 is 72.3 Å². The molecule has 0 aliphatic heterocycles. The summed E-state index contributed by atoms with van der Waals surface area (Å²) in [6, 6.07) is 29.8. The molecule has 0 amide bonds. The molecule has 0 spiro atoms. The fourth-order valence-corrected chi connectivity index (χ4v) is 6.29.